The van der Waals surface area contributed by atoms with Gasteiger partial charge in [0.1, 0.15) is 0 Å². The van der Waals surface area contributed by atoms with E-state index in [1.165, 1.54) is 0 Å². The Morgan fingerprint density at radius 2 is 2.44 bits per heavy atom. The second-order valence-electron chi connectivity index (χ2n) is 4.29. The van der Waals surface area contributed by atoms with Gasteiger partial charge in [-0.3, -0.25) is 0 Å². The van der Waals surface area contributed by atoms with Gasteiger partial charge in [0.2, 0.25) is 0 Å². The van der Waals surface area contributed by atoms with Crippen molar-refractivity contribution in [2.75, 3.05) is 52.9 Å². The van der Waals surface area contributed by atoms with E-state index in [4.69, 9.17) is 21.1 Å². The van der Waals surface area contributed by atoms with Gasteiger partial charge < -0.3 is 19.7 Å². The van der Waals surface area contributed by atoms with Crippen LogP contribution < -0.4 is 5.32 Å². The van der Waals surface area contributed by atoms with Crippen molar-refractivity contribution < 1.29 is 9.47 Å². The minimum atomic E-state index is 0.286. The molecule has 1 heterocycles. The molecule has 1 fully saturated rings. The number of alkyl halides is 1. The molecule has 0 aromatic rings. The maximum Gasteiger partial charge on any atom is 0.0826 e. The first-order valence-electron chi connectivity index (χ1n) is 5.84. The van der Waals surface area contributed by atoms with Gasteiger partial charge in [-0.05, 0) is 13.5 Å². The van der Waals surface area contributed by atoms with Crippen molar-refractivity contribution in [3.05, 3.63) is 0 Å². The number of halogens is 1. The van der Waals surface area contributed by atoms with Crippen LogP contribution in [0.25, 0.3) is 0 Å². The van der Waals surface area contributed by atoms with E-state index >= 15 is 0 Å². The van der Waals surface area contributed by atoms with Crippen molar-refractivity contribution in [2.24, 2.45) is 0 Å². The van der Waals surface area contributed by atoms with Crippen molar-refractivity contribution in [3.8, 4) is 0 Å². The Bertz CT molecular complexity index is 173. The molecular weight excluding hydrogens is 228 g/mol. The van der Waals surface area contributed by atoms with Gasteiger partial charge in [0.25, 0.3) is 0 Å². The molecule has 0 aromatic carbocycles. The average molecular weight is 251 g/mol. The Morgan fingerprint density at radius 3 is 3.06 bits per heavy atom. The topological polar surface area (TPSA) is 33.7 Å². The van der Waals surface area contributed by atoms with Crippen molar-refractivity contribution in [3.63, 3.8) is 0 Å². The third kappa shape index (κ3) is 5.46. The Balaban J connectivity index is 2.19. The number of hydrogen-bond donors (Lipinski definition) is 1. The Labute approximate surface area is 103 Å². The number of hydrogen-bond acceptors (Lipinski definition) is 4. The minimum absolute atomic E-state index is 0.286. The van der Waals surface area contributed by atoms with Crippen molar-refractivity contribution >= 4 is 11.6 Å². The largest absolute Gasteiger partial charge is 0.383 e. The van der Waals surface area contributed by atoms with Gasteiger partial charge in [0.05, 0.1) is 19.3 Å². The summed E-state index contributed by atoms with van der Waals surface area (Å²) in [6.07, 6.45) is 1.21. The SMILES string of the molecule is COCC(CCCl)NCC1CN(C)CCO1. The second kappa shape index (κ2) is 8.25. The maximum absolute atomic E-state index is 5.74. The summed E-state index contributed by atoms with van der Waals surface area (Å²) in [7, 11) is 3.84. The van der Waals surface area contributed by atoms with Crippen LogP contribution in [0, 0.1) is 0 Å². The molecule has 4 nitrogen and oxygen atoms in total. The first-order valence-corrected chi connectivity index (χ1v) is 6.38. The predicted molar refractivity (Wildman–Crippen MR) is 66.2 cm³/mol. The van der Waals surface area contributed by atoms with Crippen LogP contribution in [0.1, 0.15) is 6.42 Å². The molecule has 96 valence electrons. The number of nitrogens with one attached hydrogen (secondary N) is 1. The van der Waals surface area contributed by atoms with Gasteiger partial charge >= 0.3 is 0 Å². The first kappa shape index (κ1) is 14.2. The molecular formula is C11H23ClN2O2. The van der Waals surface area contributed by atoms with Crippen molar-refractivity contribution in [1.82, 2.24) is 10.2 Å². The molecule has 0 amide bonds. The van der Waals surface area contributed by atoms with E-state index in [1.54, 1.807) is 7.11 Å². The van der Waals surface area contributed by atoms with Crippen LogP contribution in [0.5, 0.6) is 0 Å². The van der Waals surface area contributed by atoms with E-state index < -0.39 is 0 Å². The standard InChI is InChI=1S/C11H23ClN2O2/c1-14-5-6-16-11(8-14)7-13-10(3-4-12)9-15-2/h10-11,13H,3-9H2,1-2H3. The highest BCUT2D eigenvalue weighted by atomic mass is 35.5. The fourth-order valence-corrected chi connectivity index (χ4v) is 2.13. The van der Waals surface area contributed by atoms with Crippen molar-refractivity contribution in [1.29, 1.82) is 0 Å². The molecule has 0 aromatic heterocycles. The fraction of sp³-hybridized carbons (Fsp3) is 1.00. The zero-order valence-electron chi connectivity index (χ0n) is 10.2. The molecule has 2 atom stereocenters. The Kier molecular flexibility index (Phi) is 7.32. The number of rotatable bonds is 7. The predicted octanol–water partition coefficient (Wildman–Crippen LogP) is 0.551. The molecule has 1 aliphatic heterocycles. The number of morpholine rings is 1. The number of nitrogens with zero attached hydrogens (tertiary/aromatic N) is 1. The molecule has 1 saturated heterocycles. The van der Waals surface area contributed by atoms with E-state index in [0.29, 0.717) is 18.5 Å². The first-order chi connectivity index (χ1) is 7.76. The van der Waals surface area contributed by atoms with E-state index in [0.717, 1.165) is 32.7 Å². The summed E-state index contributed by atoms with van der Waals surface area (Å²) in [5.74, 6) is 0.659. The summed E-state index contributed by atoms with van der Waals surface area (Å²) in [6.45, 7) is 4.42. The highest BCUT2D eigenvalue weighted by Crippen LogP contribution is 2.03. The van der Waals surface area contributed by atoms with Crippen LogP contribution in [0.15, 0.2) is 0 Å². The lowest BCUT2D eigenvalue weighted by molar-refractivity contribution is -0.0204. The smallest absolute Gasteiger partial charge is 0.0826 e. The third-order valence-electron chi connectivity index (χ3n) is 2.80. The van der Waals surface area contributed by atoms with E-state index in [9.17, 15) is 0 Å². The number of ether oxygens (including phenoxy) is 2. The lowest BCUT2D eigenvalue weighted by atomic mass is 10.2. The van der Waals surface area contributed by atoms with Gasteiger partial charge in [-0.25, -0.2) is 0 Å². The molecule has 2 unspecified atom stereocenters. The lowest BCUT2D eigenvalue weighted by Crippen LogP contribution is -2.47. The number of methoxy groups -OCH3 is 1. The van der Waals surface area contributed by atoms with Crippen LogP contribution in [0.4, 0.5) is 0 Å². The van der Waals surface area contributed by atoms with Gasteiger partial charge in [-0.2, -0.15) is 0 Å². The Hall–Kier alpha value is 0.130. The van der Waals surface area contributed by atoms with Crippen LogP contribution in [0.2, 0.25) is 0 Å². The molecule has 1 N–H and O–H groups in total. The summed E-state index contributed by atoms with van der Waals surface area (Å²) in [5, 5.41) is 3.45. The molecule has 1 rings (SSSR count). The zero-order chi connectivity index (χ0) is 11.8. The summed E-state index contributed by atoms with van der Waals surface area (Å²) in [5.41, 5.74) is 0. The molecule has 5 heteroatoms. The molecule has 0 bridgehead atoms. The van der Waals surface area contributed by atoms with Gasteiger partial charge in [0.15, 0.2) is 0 Å². The second-order valence-corrected chi connectivity index (χ2v) is 4.67. The molecule has 0 aliphatic carbocycles. The van der Waals surface area contributed by atoms with E-state index in [2.05, 4.69) is 17.3 Å². The van der Waals surface area contributed by atoms with Crippen LogP contribution in [-0.2, 0) is 9.47 Å². The van der Waals surface area contributed by atoms with E-state index in [1.807, 2.05) is 0 Å². The Morgan fingerprint density at radius 1 is 1.62 bits per heavy atom. The number of likely N-dealkylation sites (N-methyl/N-ethyl adjacent to an activating group) is 1. The molecule has 0 saturated carbocycles. The molecule has 0 radical (unpaired) electrons. The van der Waals surface area contributed by atoms with Crippen molar-refractivity contribution in [2.45, 2.75) is 18.6 Å². The van der Waals surface area contributed by atoms with Crippen LogP contribution >= 0.6 is 11.6 Å². The quantitative estimate of drug-likeness (QED) is 0.670. The summed E-state index contributed by atoms with van der Waals surface area (Å²) < 4.78 is 10.8. The third-order valence-corrected chi connectivity index (χ3v) is 3.02. The molecule has 0 spiro atoms. The van der Waals surface area contributed by atoms with Gasteiger partial charge in [-0.15, -0.1) is 11.6 Å². The van der Waals surface area contributed by atoms with Crippen LogP contribution in [0.3, 0.4) is 0 Å². The fourth-order valence-electron chi connectivity index (χ4n) is 1.87. The lowest BCUT2D eigenvalue weighted by Gasteiger charge is -2.31. The minimum Gasteiger partial charge on any atom is -0.383 e. The van der Waals surface area contributed by atoms with Gasteiger partial charge in [-0.1, -0.05) is 0 Å². The molecule has 16 heavy (non-hydrogen) atoms. The highest BCUT2D eigenvalue weighted by molar-refractivity contribution is 6.17. The average Bonchev–Trinajstić information content (AvgIpc) is 2.27. The zero-order valence-corrected chi connectivity index (χ0v) is 11.0. The summed E-state index contributed by atoms with van der Waals surface area (Å²) in [6, 6.07) is 0.332. The van der Waals surface area contributed by atoms with E-state index in [-0.39, 0.29) is 6.10 Å². The normalized spacial score (nSPS) is 24.6. The summed E-state index contributed by atoms with van der Waals surface area (Å²) >= 11 is 5.74. The van der Waals surface area contributed by atoms with Crippen LogP contribution in [-0.4, -0.2) is 69.9 Å². The monoisotopic (exact) mass is 250 g/mol. The molecule has 1 aliphatic rings. The van der Waals surface area contributed by atoms with Gasteiger partial charge in [0, 0.05) is 38.7 Å². The highest BCUT2D eigenvalue weighted by Gasteiger charge is 2.18. The maximum atomic E-state index is 5.74. The summed E-state index contributed by atoms with van der Waals surface area (Å²) in [4.78, 5) is 2.29.